The van der Waals surface area contributed by atoms with Gasteiger partial charge < -0.3 is 14.6 Å². The third-order valence-corrected chi connectivity index (χ3v) is 5.95. The maximum absolute atomic E-state index is 12.3. The Morgan fingerprint density at radius 2 is 2.00 bits per heavy atom. The second-order valence-electron chi connectivity index (χ2n) is 6.66. The van der Waals surface area contributed by atoms with Gasteiger partial charge in [0.1, 0.15) is 11.5 Å². The van der Waals surface area contributed by atoms with Crippen LogP contribution in [0.25, 0.3) is 11.5 Å². The fourth-order valence-corrected chi connectivity index (χ4v) is 4.23. The molecule has 8 heteroatoms. The van der Waals surface area contributed by atoms with Crippen molar-refractivity contribution in [3.05, 3.63) is 40.7 Å². The van der Waals surface area contributed by atoms with E-state index in [1.165, 1.54) is 12.8 Å². The smallest absolute Gasteiger partial charge is 0.232 e. The highest BCUT2D eigenvalue weighted by molar-refractivity contribution is 7.84. The summed E-state index contributed by atoms with van der Waals surface area (Å²) in [6, 6.07) is 7.17. The molecule has 2 aromatic rings. The fourth-order valence-electron chi connectivity index (χ4n) is 3.04. The second-order valence-corrected chi connectivity index (χ2v) is 8.55. The van der Waals surface area contributed by atoms with Crippen LogP contribution in [0.15, 0.2) is 28.7 Å². The summed E-state index contributed by atoms with van der Waals surface area (Å²) in [5.74, 6) is 1.06. The summed E-state index contributed by atoms with van der Waals surface area (Å²) in [4.78, 5) is 18.7. The molecule has 27 heavy (non-hydrogen) atoms. The van der Waals surface area contributed by atoms with Gasteiger partial charge in [0.2, 0.25) is 11.8 Å². The van der Waals surface area contributed by atoms with Gasteiger partial charge in [0.05, 0.1) is 11.4 Å². The zero-order chi connectivity index (χ0) is 19.2. The molecule has 1 aromatic heterocycles. The summed E-state index contributed by atoms with van der Waals surface area (Å²) >= 11 is 5.89. The van der Waals surface area contributed by atoms with Crippen molar-refractivity contribution in [2.24, 2.45) is 0 Å². The van der Waals surface area contributed by atoms with Crippen molar-refractivity contribution in [2.75, 3.05) is 31.9 Å². The molecule has 0 aliphatic carbocycles. The Bertz CT molecular complexity index is 801. The van der Waals surface area contributed by atoms with Crippen LogP contribution in [0, 0.1) is 6.92 Å². The summed E-state index contributed by atoms with van der Waals surface area (Å²) in [5.41, 5.74) is 1.42. The van der Waals surface area contributed by atoms with Crippen molar-refractivity contribution in [1.82, 2.24) is 15.2 Å². The van der Waals surface area contributed by atoms with Crippen LogP contribution in [-0.2, 0) is 21.3 Å². The minimum Gasteiger partial charge on any atom is -0.441 e. The molecule has 0 saturated carbocycles. The second kappa shape index (κ2) is 9.48. The number of hydrogen-bond donors (Lipinski definition) is 1. The highest BCUT2D eigenvalue weighted by atomic mass is 35.5. The number of oxazole rings is 1. The number of amides is 1. The van der Waals surface area contributed by atoms with Gasteiger partial charge in [-0.2, -0.15) is 0 Å². The summed E-state index contributed by atoms with van der Waals surface area (Å²) in [7, 11) is -1.33. The summed E-state index contributed by atoms with van der Waals surface area (Å²) in [5, 5.41) is 3.49. The monoisotopic (exact) mass is 409 g/mol. The highest BCUT2D eigenvalue weighted by Crippen LogP contribution is 2.24. The van der Waals surface area contributed by atoms with Crippen LogP contribution in [0.1, 0.15) is 24.3 Å². The Morgan fingerprint density at radius 3 is 2.70 bits per heavy atom. The number of halogens is 1. The van der Waals surface area contributed by atoms with Crippen LogP contribution in [-0.4, -0.2) is 51.9 Å². The van der Waals surface area contributed by atoms with E-state index in [0.29, 0.717) is 28.9 Å². The molecule has 1 N–H and O–H groups in total. The molecule has 0 spiro atoms. The molecule has 3 rings (SSSR count). The lowest BCUT2D eigenvalue weighted by molar-refractivity contribution is -0.118. The van der Waals surface area contributed by atoms with Crippen LogP contribution in [0.2, 0.25) is 5.02 Å². The largest absolute Gasteiger partial charge is 0.441 e. The van der Waals surface area contributed by atoms with Crippen molar-refractivity contribution in [3.8, 4) is 11.5 Å². The first-order valence-electron chi connectivity index (χ1n) is 9.07. The lowest BCUT2D eigenvalue weighted by Gasteiger charge is -2.14. The molecule has 0 bridgehead atoms. The van der Waals surface area contributed by atoms with E-state index in [4.69, 9.17) is 16.0 Å². The van der Waals surface area contributed by atoms with Crippen molar-refractivity contribution >= 4 is 28.3 Å². The number of carbonyl (C=O) groups is 1. The number of likely N-dealkylation sites (tertiary alicyclic amines) is 1. The molecule has 6 nitrogen and oxygen atoms in total. The Labute approximate surface area is 166 Å². The van der Waals surface area contributed by atoms with E-state index in [9.17, 15) is 9.00 Å². The topological polar surface area (TPSA) is 75.4 Å². The van der Waals surface area contributed by atoms with Crippen molar-refractivity contribution in [3.63, 3.8) is 0 Å². The third-order valence-electron chi connectivity index (χ3n) is 4.52. The van der Waals surface area contributed by atoms with Gasteiger partial charge in [0.25, 0.3) is 0 Å². The first kappa shape index (κ1) is 20.0. The number of rotatable bonds is 8. The molecule has 1 aromatic carbocycles. The highest BCUT2D eigenvalue weighted by Gasteiger charge is 2.16. The van der Waals surface area contributed by atoms with Crippen LogP contribution >= 0.6 is 11.6 Å². The molecule has 0 unspecified atom stereocenters. The molecule has 1 amide bonds. The Balaban J connectivity index is 1.48. The molecule has 0 radical (unpaired) electrons. The lowest BCUT2D eigenvalue weighted by Crippen LogP contribution is -2.35. The zero-order valence-electron chi connectivity index (χ0n) is 15.4. The van der Waals surface area contributed by atoms with Gasteiger partial charge in [0, 0.05) is 34.5 Å². The third kappa shape index (κ3) is 5.89. The number of nitrogens with zero attached hydrogens (tertiary/aromatic N) is 2. The van der Waals surface area contributed by atoms with Crippen LogP contribution in [0.4, 0.5) is 0 Å². The summed E-state index contributed by atoms with van der Waals surface area (Å²) < 4.78 is 18.0. The van der Waals surface area contributed by atoms with E-state index in [1.807, 2.05) is 12.1 Å². The standard InChI is InChI=1S/C19H24ClN3O3S/c1-14-17(22-19(26-14)15-4-6-16(20)7-5-15)12-27(25)13-18(24)21-8-11-23-9-2-3-10-23/h4-7H,2-3,8-13H2,1H3,(H,21,24)/t27-/m0/s1. The molecule has 1 aliphatic rings. The molecule has 1 saturated heterocycles. The number of carbonyl (C=O) groups excluding carboxylic acids is 1. The number of benzene rings is 1. The van der Waals surface area contributed by atoms with E-state index in [-0.39, 0.29) is 17.4 Å². The normalized spacial score (nSPS) is 15.8. The van der Waals surface area contributed by atoms with E-state index >= 15 is 0 Å². The van der Waals surface area contributed by atoms with Gasteiger partial charge in [-0.3, -0.25) is 9.00 Å². The average molecular weight is 410 g/mol. The summed E-state index contributed by atoms with van der Waals surface area (Å²) in [6.45, 7) is 5.44. The molecular weight excluding hydrogens is 386 g/mol. The maximum atomic E-state index is 12.3. The molecular formula is C19H24ClN3O3S. The Kier molecular flexibility index (Phi) is 7.04. The predicted octanol–water partition coefficient (Wildman–Crippen LogP) is 2.76. The van der Waals surface area contributed by atoms with E-state index in [2.05, 4.69) is 15.2 Å². The molecule has 1 fully saturated rings. The number of aryl methyl sites for hydroxylation is 1. The van der Waals surface area contributed by atoms with Crippen LogP contribution in [0.5, 0.6) is 0 Å². The van der Waals surface area contributed by atoms with Gasteiger partial charge in [-0.25, -0.2) is 4.98 Å². The van der Waals surface area contributed by atoms with Gasteiger partial charge in [-0.1, -0.05) is 11.6 Å². The van der Waals surface area contributed by atoms with Crippen molar-refractivity contribution < 1.29 is 13.4 Å². The van der Waals surface area contributed by atoms with E-state index < -0.39 is 10.8 Å². The quantitative estimate of drug-likeness (QED) is 0.725. The minimum absolute atomic E-state index is 0.0252. The van der Waals surface area contributed by atoms with Crippen LogP contribution in [0.3, 0.4) is 0 Å². The molecule has 1 atom stereocenters. The molecule has 2 heterocycles. The first-order chi connectivity index (χ1) is 13.0. The Morgan fingerprint density at radius 1 is 1.30 bits per heavy atom. The number of aromatic nitrogens is 1. The van der Waals surface area contributed by atoms with Gasteiger partial charge >= 0.3 is 0 Å². The van der Waals surface area contributed by atoms with Crippen molar-refractivity contribution in [2.45, 2.75) is 25.5 Å². The van der Waals surface area contributed by atoms with Gasteiger partial charge in [-0.05, 0) is 57.1 Å². The SMILES string of the molecule is Cc1oc(-c2ccc(Cl)cc2)nc1C[S@](=O)CC(=O)NCCN1CCCC1. The van der Waals surface area contributed by atoms with Gasteiger partial charge in [0.15, 0.2) is 0 Å². The maximum Gasteiger partial charge on any atom is 0.232 e. The minimum atomic E-state index is -1.33. The van der Waals surface area contributed by atoms with Gasteiger partial charge in [-0.15, -0.1) is 0 Å². The first-order valence-corrected chi connectivity index (χ1v) is 10.9. The average Bonchev–Trinajstić information content (AvgIpc) is 3.26. The molecule has 1 aliphatic heterocycles. The number of hydrogen-bond acceptors (Lipinski definition) is 5. The van der Waals surface area contributed by atoms with E-state index in [1.54, 1.807) is 19.1 Å². The number of nitrogens with one attached hydrogen (secondary N) is 1. The summed E-state index contributed by atoms with van der Waals surface area (Å²) in [6.07, 6.45) is 2.46. The molecule has 146 valence electrons. The van der Waals surface area contributed by atoms with Crippen LogP contribution < -0.4 is 5.32 Å². The predicted molar refractivity (Wildman–Crippen MR) is 107 cm³/mol. The van der Waals surface area contributed by atoms with Crippen molar-refractivity contribution in [1.29, 1.82) is 0 Å². The fraction of sp³-hybridized carbons (Fsp3) is 0.474. The van der Waals surface area contributed by atoms with E-state index in [0.717, 1.165) is 25.2 Å². The lowest BCUT2D eigenvalue weighted by atomic mass is 10.2. The zero-order valence-corrected chi connectivity index (χ0v) is 16.9. The Hall–Kier alpha value is -1.70.